The Bertz CT molecular complexity index is 712. The topological polar surface area (TPSA) is 56.7 Å². The number of amides is 1. The zero-order valence-electron chi connectivity index (χ0n) is 17.1. The van der Waals surface area contributed by atoms with Crippen molar-refractivity contribution in [2.24, 2.45) is 10.4 Å². The molecule has 2 fully saturated rings. The molecule has 2 N–H and O–H groups in total. The molecule has 2 aliphatic carbocycles. The van der Waals surface area contributed by atoms with Gasteiger partial charge in [-0.15, -0.1) is 24.0 Å². The molecule has 0 radical (unpaired) electrons. The number of benzene rings is 1. The van der Waals surface area contributed by atoms with E-state index in [-0.39, 0.29) is 46.5 Å². The van der Waals surface area contributed by atoms with E-state index >= 15 is 0 Å². The molecule has 0 spiro atoms. The Morgan fingerprint density at radius 2 is 1.79 bits per heavy atom. The maximum Gasteiger partial charge on any atom is 0.230 e. The normalized spacial score (nSPS) is 19.5. The first kappa shape index (κ1) is 22.9. The van der Waals surface area contributed by atoms with Crippen molar-refractivity contribution in [3.8, 4) is 0 Å². The number of nitrogens with zero attached hydrogens (tertiary/aromatic N) is 2. The van der Waals surface area contributed by atoms with Gasteiger partial charge in [0.2, 0.25) is 5.91 Å². The Morgan fingerprint density at radius 1 is 1.14 bits per heavy atom. The molecule has 1 aromatic carbocycles. The van der Waals surface area contributed by atoms with Gasteiger partial charge in [-0.3, -0.25) is 9.79 Å². The van der Waals surface area contributed by atoms with Crippen LogP contribution in [0.5, 0.6) is 0 Å². The maximum absolute atomic E-state index is 13.6. The lowest BCUT2D eigenvalue weighted by atomic mass is 9.84. The van der Waals surface area contributed by atoms with Gasteiger partial charge in [-0.2, -0.15) is 0 Å². The number of nitrogens with one attached hydrogen (secondary N) is 2. The molecule has 2 saturated carbocycles. The van der Waals surface area contributed by atoms with E-state index in [1.807, 2.05) is 20.2 Å². The Balaban J connectivity index is 0.00000280. The Labute approximate surface area is 184 Å². The predicted octanol–water partition coefficient (Wildman–Crippen LogP) is 3.29. The molecule has 0 atom stereocenters. The minimum absolute atomic E-state index is 0. The van der Waals surface area contributed by atoms with E-state index in [0.717, 1.165) is 44.1 Å². The molecular weight excluding hydrogens is 470 g/mol. The third-order valence-electron chi connectivity index (χ3n) is 6.12. The molecule has 0 saturated heterocycles. The summed E-state index contributed by atoms with van der Waals surface area (Å²) in [7, 11) is 5.39. The first-order valence-electron chi connectivity index (χ1n) is 9.83. The molecule has 0 aliphatic heterocycles. The SMILES string of the molecule is CN=C(NCC1(C(=O)N(C)C)CCCC1)NCC1(c2cccc(F)c2)CC1.I. The van der Waals surface area contributed by atoms with Crippen LogP contribution >= 0.6 is 24.0 Å². The number of hydrogen-bond donors (Lipinski definition) is 2. The second-order valence-electron chi connectivity index (χ2n) is 8.26. The van der Waals surface area contributed by atoms with Gasteiger partial charge in [0.15, 0.2) is 5.96 Å². The summed E-state index contributed by atoms with van der Waals surface area (Å²) < 4.78 is 13.6. The van der Waals surface area contributed by atoms with Crippen molar-refractivity contribution in [3.05, 3.63) is 35.6 Å². The molecule has 0 unspecified atom stereocenters. The van der Waals surface area contributed by atoms with Crippen LogP contribution in [-0.4, -0.2) is 51.0 Å². The lowest BCUT2D eigenvalue weighted by molar-refractivity contribution is -0.138. The van der Waals surface area contributed by atoms with E-state index in [1.54, 1.807) is 24.1 Å². The highest BCUT2D eigenvalue weighted by atomic mass is 127. The van der Waals surface area contributed by atoms with Crippen molar-refractivity contribution in [1.29, 1.82) is 0 Å². The summed E-state index contributed by atoms with van der Waals surface area (Å²) in [4.78, 5) is 18.7. The second-order valence-corrected chi connectivity index (χ2v) is 8.26. The van der Waals surface area contributed by atoms with Gasteiger partial charge in [0.25, 0.3) is 0 Å². The van der Waals surface area contributed by atoms with Crippen LogP contribution in [0.25, 0.3) is 0 Å². The van der Waals surface area contributed by atoms with E-state index in [2.05, 4.69) is 15.6 Å². The van der Waals surface area contributed by atoms with Crippen molar-refractivity contribution >= 4 is 35.8 Å². The fourth-order valence-corrected chi connectivity index (χ4v) is 4.26. The highest BCUT2D eigenvalue weighted by Gasteiger charge is 2.45. The van der Waals surface area contributed by atoms with Gasteiger partial charge >= 0.3 is 0 Å². The third-order valence-corrected chi connectivity index (χ3v) is 6.12. The number of halogens is 2. The number of hydrogen-bond acceptors (Lipinski definition) is 2. The summed E-state index contributed by atoms with van der Waals surface area (Å²) in [5, 5.41) is 6.76. The van der Waals surface area contributed by atoms with E-state index in [0.29, 0.717) is 19.0 Å². The quantitative estimate of drug-likeness (QED) is 0.357. The van der Waals surface area contributed by atoms with Crippen molar-refractivity contribution < 1.29 is 9.18 Å². The zero-order chi connectivity index (χ0) is 19.5. The third kappa shape index (κ3) is 4.96. The molecule has 1 aromatic rings. The van der Waals surface area contributed by atoms with Gasteiger partial charge in [0, 0.05) is 39.6 Å². The summed E-state index contributed by atoms with van der Waals surface area (Å²) in [6.45, 7) is 1.31. The van der Waals surface area contributed by atoms with Crippen LogP contribution in [0.15, 0.2) is 29.3 Å². The molecule has 0 bridgehead atoms. The van der Waals surface area contributed by atoms with Gasteiger partial charge in [-0.25, -0.2) is 4.39 Å². The van der Waals surface area contributed by atoms with Crippen molar-refractivity contribution in [2.75, 3.05) is 34.2 Å². The number of carbonyl (C=O) groups excluding carboxylic acids is 1. The van der Waals surface area contributed by atoms with Crippen molar-refractivity contribution in [1.82, 2.24) is 15.5 Å². The fourth-order valence-electron chi connectivity index (χ4n) is 4.26. The average Bonchev–Trinajstić information content (AvgIpc) is 3.30. The lowest BCUT2D eigenvalue weighted by Crippen LogP contribution is -2.50. The summed E-state index contributed by atoms with van der Waals surface area (Å²) >= 11 is 0. The molecule has 156 valence electrons. The van der Waals surface area contributed by atoms with Crippen LogP contribution in [-0.2, 0) is 10.2 Å². The molecule has 28 heavy (non-hydrogen) atoms. The minimum Gasteiger partial charge on any atom is -0.356 e. The molecular formula is C21H32FIN4O. The smallest absolute Gasteiger partial charge is 0.230 e. The summed E-state index contributed by atoms with van der Waals surface area (Å²) in [6, 6.07) is 6.89. The van der Waals surface area contributed by atoms with Gasteiger partial charge in [-0.05, 0) is 43.4 Å². The van der Waals surface area contributed by atoms with E-state index in [1.165, 1.54) is 6.07 Å². The van der Waals surface area contributed by atoms with Gasteiger partial charge < -0.3 is 15.5 Å². The van der Waals surface area contributed by atoms with Crippen LogP contribution in [0.2, 0.25) is 0 Å². The highest BCUT2D eigenvalue weighted by molar-refractivity contribution is 14.0. The highest BCUT2D eigenvalue weighted by Crippen LogP contribution is 2.47. The van der Waals surface area contributed by atoms with Crippen LogP contribution < -0.4 is 10.6 Å². The Morgan fingerprint density at radius 3 is 2.32 bits per heavy atom. The van der Waals surface area contributed by atoms with Gasteiger partial charge in [0.05, 0.1) is 5.41 Å². The van der Waals surface area contributed by atoms with Gasteiger partial charge in [-0.1, -0.05) is 25.0 Å². The first-order chi connectivity index (χ1) is 12.9. The summed E-state index contributed by atoms with van der Waals surface area (Å²) in [5.74, 6) is 0.712. The van der Waals surface area contributed by atoms with Crippen LogP contribution in [0.4, 0.5) is 4.39 Å². The average molecular weight is 502 g/mol. The minimum atomic E-state index is -0.332. The largest absolute Gasteiger partial charge is 0.356 e. The maximum atomic E-state index is 13.6. The molecule has 0 aromatic heterocycles. The Kier molecular flexibility index (Phi) is 7.70. The lowest BCUT2D eigenvalue weighted by Gasteiger charge is -2.31. The first-order valence-corrected chi connectivity index (χ1v) is 9.83. The van der Waals surface area contributed by atoms with Crippen molar-refractivity contribution in [3.63, 3.8) is 0 Å². The number of guanidine groups is 1. The van der Waals surface area contributed by atoms with E-state index in [4.69, 9.17) is 0 Å². The van der Waals surface area contributed by atoms with Crippen molar-refractivity contribution in [2.45, 2.75) is 43.9 Å². The monoisotopic (exact) mass is 502 g/mol. The molecule has 0 heterocycles. The molecule has 5 nitrogen and oxygen atoms in total. The Hall–Kier alpha value is -1.38. The van der Waals surface area contributed by atoms with Crippen LogP contribution in [0.1, 0.15) is 44.1 Å². The second kappa shape index (κ2) is 9.41. The molecule has 3 rings (SSSR count). The zero-order valence-corrected chi connectivity index (χ0v) is 19.4. The summed E-state index contributed by atoms with van der Waals surface area (Å²) in [5.41, 5.74) is 0.700. The van der Waals surface area contributed by atoms with Crippen LogP contribution in [0, 0.1) is 11.2 Å². The molecule has 1 amide bonds. The summed E-state index contributed by atoms with van der Waals surface area (Å²) in [6.07, 6.45) is 6.11. The molecule has 7 heteroatoms. The van der Waals surface area contributed by atoms with Gasteiger partial charge in [0.1, 0.15) is 5.82 Å². The number of aliphatic imine (C=N–C) groups is 1. The predicted molar refractivity (Wildman–Crippen MR) is 122 cm³/mol. The standard InChI is InChI=1S/C21H31FN4O.HI/c1-23-19(25-15-21(9-4-5-10-21)18(27)26(2)3)24-14-20(11-12-20)16-7-6-8-17(22)13-16;/h6-8,13H,4-5,9-12,14-15H2,1-3H3,(H2,23,24,25);1H. The van der Waals surface area contributed by atoms with E-state index in [9.17, 15) is 9.18 Å². The molecule has 2 aliphatic rings. The van der Waals surface area contributed by atoms with E-state index < -0.39 is 0 Å². The number of carbonyl (C=O) groups is 1. The fraction of sp³-hybridized carbons (Fsp3) is 0.619. The number of rotatable bonds is 6. The van der Waals surface area contributed by atoms with Crippen LogP contribution in [0.3, 0.4) is 0 Å².